The van der Waals surface area contributed by atoms with Gasteiger partial charge in [-0.25, -0.2) is 0 Å². The summed E-state index contributed by atoms with van der Waals surface area (Å²) < 4.78 is 40.1. The van der Waals surface area contributed by atoms with Crippen LogP contribution in [0.5, 0.6) is 0 Å². The summed E-state index contributed by atoms with van der Waals surface area (Å²) in [7, 11) is 0. The first-order valence-corrected chi connectivity index (χ1v) is 9.36. The highest BCUT2D eigenvalue weighted by atomic mass is 32.1. The molecule has 146 valence electrons. The molecule has 0 unspecified atom stereocenters. The Morgan fingerprint density at radius 1 is 1.14 bits per heavy atom. The molecule has 0 bridgehead atoms. The van der Waals surface area contributed by atoms with E-state index in [1.165, 1.54) is 24.3 Å². The molecule has 0 fully saturated rings. The monoisotopic (exact) mass is 406 g/mol. The fourth-order valence-electron chi connectivity index (χ4n) is 2.79. The highest BCUT2D eigenvalue weighted by Gasteiger charge is 2.30. The summed E-state index contributed by atoms with van der Waals surface area (Å²) >= 11 is 1.57. The molecule has 0 radical (unpaired) electrons. The van der Waals surface area contributed by atoms with E-state index >= 15 is 0 Å². The molecule has 8 heteroatoms. The molecule has 2 aromatic heterocycles. The lowest BCUT2D eigenvalue weighted by Crippen LogP contribution is -2.34. The largest absolute Gasteiger partial charge is 0.416 e. The lowest BCUT2D eigenvalue weighted by molar-refractivity contribution is -0.137. The van der Waals surface area contributed by atoms with E-state index in [0.717, 1.165) is 21.6 Å². The van der Waals surface area contributed by atoms with Crippen molar-refractivity contribution in [2.24, 2.45) is 0 Å². The minimum atomic E-state index is -4.52. The quantitative estimate of drug-likeness (QED) is 0.691. The molecule has 2 heterocycles. The van der Waals surface area contributed by atoms with Gasteiger partial charge in [-0.2, -0.15) is 13.2 Å². The SMILES string of the molecule is Cc1ccc(C(=O)NCCc2cccs2)c(=O)n1-c1cccc(C(F)(F)F)c1. The van der Waals surface area contributed by atoms with Gasteiger partial charge in [0, 0.05) is 22.8 Å². The zero-order valence-electron chi connectivity index (χ0n) is 14.9. The fourth-order valence-corrected chi connectivity index (χ4v) is 3.50. The number of pyridine rings is 1. The summed E-state index contributed by atoms with van der Waals surface area (Å²) in [6, 6.07) is 11.3. The van der Waals surface area contributed by atoms with Crippen LogP contribution >= 0.6 is 11.3 Å². The summed E-state index contributed by atoms with van der Waals surface area (Å²) in [5.74, 6) is -0.553. The first kappa shape index (κ1) is 19.9. The van der Waals surface area contributed by atoms with Gasteiger partial charge in [0.05, 0.1) is 5.56 Å². The zero-order chi connectivity index (χ0) is 20.3. The van der Waals surface area contributed by atoms with Crippen LogP contribution in [0.2, 0.25) is 0 Å². The molecule has 3 rings (SSSR count). The van der Waals surface area contributed by atoms with E-state index in [-0.39, 0.29) is 11.3 Å². The number of thiophene rings is 1. The van der Waals surface area contributed by atoms with E-state index in [1.807, 2.05) is 17.5 Å². The first-order valence-electron chi connectivity index (χ1n) is 8.48. The van der Waals surface area contributed by atoms with E-state index in [2.05, 4.69) is 5.32 Å². The van der Waals surface area contributed by atoms with Crippen molar-refractivity contribution in [3.05, 3.63) is 86.0 Å². The van der Waals surface area contributed by atoms with Gasteiger partial charge in [-0.1, -0.05) is 12.1 Å². The third kappa shape index (κ3) is 4.33. The molecule has 4 nitrogen and oxygen atoms in total. The molecule has 0 spiro atoms. The van der Waals surface area contributed by atoms with Gasteiger partial charge in [0.1, 0.15) is 5.56 Å². The van der Waals surface area contributed by atoms with Crippen LogP contribution in [0.25, 0.3) is 5.69 Å². The summed E-state index contributed by atoms with van der Waals surface area (Å²) in [6.45, 7) is 1.95. The van der Waals surface area contributed by atoms with E-state index < -0.39 is 23.2 Å². The van der Waals surface area contributed by atoms with E-state index in [1.54, 1.807) is 18.3 Å². The number of benzene rings is 1. The lowest BCUT2D eigenvalue weighted by Gasteiger charge is -2.14. The van der Waals surface area contributed by atoms with Crippen LogP contribution in [0.3, 0.4) is 0 Å². The van der Waals surface area contributed by atoms with Crippen molar-refractivity contribution in [2.75, 3.05) is 6.54 Å². The second kappa shape index (κ2) is 8.02. The Labute approximate surface area is 163 Å². The maximum absolute atomic E-state index is 13.0. The number of halogens is 3. The molecule has 3 aromatic rings. The van der Waals surface area contributed by atoms with Crippen molar-refractivity contribution in [1.82, 2.24) is 9.88 Å². The molecular weight excluding hydrogens is 389 g/mol. The Bertz CT molecular complexity index is 1040. The number of aryl methyl sites for hydroxylation is 1. The fraction of sp³-hybridized carbons (Fsp3) is 0.200. The molecule has 0 saturated carbocycles. The Balaban J connectivity index is 1.88. The summed E-state index contributed by atoms with van der Waals surface area (Å²) in [5.41, 5.74) is -1.14. The second-order valence-electron chi connectivity index (χ2n) is 6.16. The topological polar surface area (TPSA) is 51.1 Å². The van der Waals surface area contributed by atoms with Crippen LogP contribution in [-0.4, -0.2) is 17.0 Å². The number of aromatic nitrogens is 1. The number of rotatable bonds is 5. The maximum atomic E-state index is 13.0. The zero-order valence-corrected chi connectivity index (χ0v) is 15.7. The normalized spacial score (nSPS) is 11.4. The molecule has 0 aliphatic heterocycles. The standard InChI is InChI=1S/C20H17F3N2O2S/c1-13-7-8-17(18(26)24-10-9-16-6-3-11-28-16)19(27)25(13)15-5-2-4-14(12-15)20(21,22)23/h2-8,11-12H,9-10H2,1H3,(H,24,26). The van der Waals surface area contributed by atoms with Crippen LogP contribution in [0.15, 0.2) is 58.7 Å². The van der Waals surface area contributed by atoms with Gasteiger partial charge in [-0.3, -0.25) is 14.2 Å². The molecule has 0 aliphatic carbocycles. The van der Waals surface area contributed by atoms with Gasteiger partial charge in [-0.15, -0.1) is 11.3 Å². The Morgan fingerprint density at radius 2 is 1.93 bits per heavy atom. The molecule has 0 saturated heterocycles. The molecular formula is C20H17F3N2O2S. The first-order chi connectivity index (χ1) is 13.3. The molecule has 0 aliphatic rings. The van der Waals surface area contributed by atoms with Gasteiger partial charge in [0.15, 0.2) is 0 Å². The summed E-state index contributed by atoms with van der Waals surface area (Å²) in [5, 5.41) is 4.62. The van der Waals surface area contributed by atoms with Crippen LogP contribution in [0.4, 0.5) is 13.2 Å². The lowest BCUT2D eigenvalue weighted by atomic mass is 10.1. The van der Waals surface area contributed by atoms with Crippen molar-refractivity contribution in [3.63, 3.8) is 0 Å². The van der Waals surface area contributed by atoms with Crippen molar-refractivity contribution in [3.8, 4) is 5.69 Å². The average Bonchev–Trinajstić information content (AvgIpc) is 3.15. The number of alkyl halides is 3. The molecule has 0 atom stereocenters. The Kier molecular flexibility index (Phi) is 5.69. The minimum absolute atomic E-state index is 0.0607. The predicted molar refractivity (Wildman–Crippen MR) is 102 cm³/mol. The minimum Gasteiger partial charge on any atom is -0.352 e. The van der Waals surface area contributed by atoms with Gasteiger partial charge < -0.3 is 5.32 Å². The van der Waals surface area contributed by atoms with Gasteiger partial charge in [0.25, 0.3) is 11.5 Å². The Hall–Kier alpha value is -2.87. The summed E-state index contributed by atoms with van der Waals surface area (Å²) in [6.07, 6.45) is -3.89. The highest BCUT2D eigenvalue weighted by molar-refractivity contribution is 7.09. The number of carbonyl (C=O) groups is 1. The molecule has 1 amide bonds. The van der Waals surface area contributed by atoms with Crippen LogP contribution in [-0.2, 0) is 12.6 Å². The molecule has 28 heavy (non-hydrogen) atoms. The average molecular weight is 406 g/mol. The molecule has 1 N–H and O–H groups in total. The third-order valence-electron chi connectivity index (χ3n) is 4.19. The van der Waals surface area contributed by atoms with Crippen LogP contribution < -0.4 is 10.9 Å². The van der Waals surface area contributed by atoms with E-state index in [4.69, 9.17) is 0 Å². The maximum Gasteiger partial charge on any atom is 0.416 e. The number of nitrogens with one attached hydrogen (secondary N) is 1. The van der Waals surface area contributed by atoms with E-state index in [0.29, 0.717) is 18.7 Å². The van der Waals surface area contributed by atoms with Crippen molar-refractivity contribution < 1.29 is 18.0 Å². The third-order valence-corrected chi connectivity index (χ3v) is 5.13. The predicted octanol–water partition coefficient (Wildman–Crippen LogP) is 4.20. The number of hydrogen-bond acceptors (Lipinski definition) is 3. The van der Waals surface area contributed by atoms with Crippen molar-refractivity contribution >= 4 is 17.2 Å². The van der Waals surface area contributed by atoms with E-state index in [9.17, 15) is 22.8 Å². The summed E-state index contributed by atoms with van der Waals surface area (Å²) in [4.78, 5) is 26.3. The number of nitrogens with zero attached hydrogens (tertiary/aromatic N) is 1. The van der Waals surface area contributed by atoms with Crippen molar-refractivity contribution in [1.29, 1.82) is 0 Å². The van der Waals surface area contributed by atoms with Crippen molar-refractivity contribution in [2.45, 2.75) is 19.5 Å². The van der Waals surface area contributed by atoms with Gasteiger partial charge in [0.2, 0.25) is 0 Å². The Morgan fingerprint density at radius 3 is 2.61 bits per heavy atom. The highest BCUT2D eigenvalue weighted by Crippen LogP contribution is 2.30. The second-order valence-corrected chi connectivity index (χ2v) is 7.19. The number of carbonyl (C=O) groups excluding carboxylic acids is 1. The van der Waals surface area contributed by atoms with Gasteiger partial charge >= 0.3 is 6.18 Å². The number of amides is 1. The van der Waals surface area contributed by atoms with Crippen LogP contribution in [0.1, 0.15) is 26.5 Å². The van der Waals surface area contributed by atoms with Crippen LogP contribution in [0, 0.1) is 6.92 Å². The molecule has 1 aromatic carbocycles. The van der Waals surface area contributed by atoms with Gasteiger partial charge in [-0.05, 0) is 55.1 Å². The number of hydrogen-bond donors (Lipinski definition) is 1. The smallest absolute Gasteiger partial charge is 0.352 e.